The molecule has 408 valence electrons. The van der Waals surface area contributed by atoms with Gasteiger partial charge in [0, 0.05) is 72.9 Å². The van der Waals surface area contributed by atoms with Gasteiger partial charge in [-0.25, -0.2) is 0 Å². The molecule has 75 heavy (non-hydrogen) atoms. The van der Waals surface area contributed by atoms with E-state index in [1.165, 1.54) is 6.92 Å². The molecule has 25 heteroatoms. The molecule has 2 aliphatic rings. The van der Waals surface area contributed by atoms with E-state index < -0.39 is 108 Å². The number of rotatable bonds is 15. The Hall–Kier alpha value is -6.87. The number of aromatic nitrogens is 1. The van der Waals surface area contributed by atoms with E-state index in [0.717, 1.165) is 19.4 Å². The number of nitrogens with one attached hydrogen (secondary N) is 8. The molecule has 2 aromatic carbocycles. The number of hydrogen-bond donors (Lipinski definition) is 12. The van der Waals surface area contributed by atoms with Crippen LogP contribution in [0, 0.1) is 3.57 Å². The molecule has 0 saturated carbocycles. The molecule has 24 nitrogen and oxygen atoms in total. The first-order chi connectivity index (χ1) is 35.8. The number of H-pyrrole nitrogens is 1. The van der Waals surface area contributed by atoms with Gasteiger partial charge in [-0.2, -0.15) is 5.48 Å². The van der Waals surface area contributed by atoms with Crippen molar-refractivity contribution >= 4 is 92.7 Å². The van der Waals surface area contributed by atoms with Crippen molar-refractivity contribution in [1.29, 1.82) is 0 Å². The van der Waals surface area contributed by atoms with Gasteiger partial charge in [-0.1, -0.05) is 50.1 Å². The maximum absolute atomic E-state index is 14.7. The SMILES string of the molecule is CCCC[C@H](NC(C)=O)C(=O)N[C@H]1CCC(=O)ONCCCC[C@@H](C(N)=O)NC(=O)[C@H](Cc2c[nH]c3ccccc23)NC(=O)[C@H](CCCN=C(N)N)NC(=O)[C@@H](Cc2ccc(I)cc2)NC(=O)[C@@H]2CC(O)CN2C1=O. The number of amides is 8. The van der Waals surface area contributed by atoms with Gasteiger partial charge in [0.2, 0.25) is 47.3 Å². The average Bonchev–Trinajstić information content (AvgIpc) is 3.97. The Morgan fingerprint density at radius 2 is 1.55 bits per heavy atom. The third kappa shape index (κ3) is 18.5. The highest BCUT2D eigenvalue weighted by atomic mass is 127. The van der Waals surface area contributed by atoms with Crippen LogP contribution >= 0.6 is 22.6 Å². The quantitative estimate of drug-likeness (QED) is 0.0384. The van der Waals surface area contributed by atoms with Crippen LogP contribution in [0.2, 0.25) is 0 Å². The summed E-state index contributed by atoms with van der Waals surface area (Å²) < 4.78 is 0.883. The van der Waals surface area contributed by atoms with Gasteiger partial charge < -0.3 is 68.9 Å². The summed E-state index contributed by atoms with van der Waals surface area (Å²) in [6.07, 6.45) is 1.59. The number of fused-ring (bicyclic) bond motifs is 2. The number of hydroxylamine groups is 1. The monoisotopic (exact) mass is 1160 g/mol. The van der Waals surface area contributed by atoms with E-state index >= 15 is 0 Å². The zero-order valence-corrected chi connectivity index (χ0v) is 44.3. The average molecular weight is 1160 g/mol. The second-order valence-corrected chi connectivity index (χ2v) is 20.0. The van der Waals surface area contributed by atoms with Crippen molar-refractivity contribution in [1.82, 2.24) is 47.3 Å². The summed E-state index contributed by atoms with van der Waals surface area (Å²) >= 11 is 2.12. The molecular formula is C50H70IN13O11. The molecule has 2 aliphatic heterocycles. The first kappa shape index (κ1) is 59.0. The number of aliphatic hydroxyl groups excluding tert-OH is 1. The van der Waals surface area contributed by atoms with Crippen molar-refractivity contribution in [2.75, 3.05) is 19.6 Å². The first-order valence-corrected chi connectivity index (χ1v) is 26.2. The van der Waals surface area contributed by atoms with Gasteiger partial charge in [0.25, 0.3) is 0 Å². The van der Waals surface area contributed by atoms with Gasteiger partial charge in [-0.3, -0.25) is 48.1 Å². The zero-order valence-electron chi connectivity index (χ0n) is 42.2. The minimum Gasteiger partial charge on any atom is -0.391 e. The summed E-state index contributed by atoms with van der Waals surface area (Å²) in [7, 11) is 0. The van der Waals surface area contributed by atoms with Crippen molar-refractivity contribution < 1.29 is 53.1 Å². The standard InChI is InChI=1S/C50H70IN13O11/c1-3-4-11-36(58-28(2)65)44(69)61-38-19-20-42(67)75-57-22-8-7-13-35(43(52)68)59-47(72)40(24-30-26-56-34-12-6-5-10-33(30)34)62-45(70)37(14-9-21-55-50(53)54)60-46(71)39(23-29-15-17-31(51)18-16-29)63-48(73)41-25-32(66)27-64(41)49(38)74/h5-6,10,12,15-18,26,32,35-41,56-57,66H,3-4,7-9,11,13-14,19-25,27H2,1-2H3,(H2,52,68)(H,58,65)(H,59,72)(H,60,71)(H,61,69)(H,62,70)(H,63,73)(H4,53,54,55)/t32?,35-,36-,37-,38-,39+,40-,41-/m0/s1. The van der Waals surface area contributed by atoms with Crippen LogP contribution in [0.4, 0.5) is 0 Å². The van der Waals surface area contributed by atoms with E-state index in [4.69, 9.17) is 22.0 Å². The Kier molecular flexibility index (Phi) is 23.0. The number of aromatic amines is 1. The van der Waals surface area contributed by atoms with Crippen molar-refractivity contribution in [3.05, 3.63) is 69.4 Å². The Labute approximate surface area is 448 Å². The maximum atomic E-state index is 14.7. The normalized spacial score (nSPS) is 23.4. The summed E-state index contributed by atoms with van der Waals surface area (Å²) in [5.74, 6) is -7.11. The summed E-state index contributed by atoms with van der Waals surface area (Å²) in [5, 5.41) is 28.0. The molecule has 5 rings (SSSR count). The first-order valence-electron chi connectivity index (χ1n) is 25.2. The van der Waals surface area contributed by atoms with E-state index in [0.29, 0.717) is 36.8 Å². The molecule has 0 aliphatic carbocycles. The number of aliphatic imine (C=N–C) groups is 1. The second kappa shape index (κ2) is 29.3. The molecule has 15 N–H and O–H groups in total. The topological polar surface area (TPSA) is 377 Å². The number of hydrogen-bond acceptors (Lipinski definition) is 13. The molecule has 8 amide bonds. The Morgan fingerprint density at radius 3 is 2.25 bits per heavy atom. The van der Waals surface area contributed by atoms with Gasteiger partial charge in [-0.05, 0) is 96.9 Å². The molecule has 0 radical (unpaired) electrons. The number of nitrogens with two attached hydrogens (primary N) is 3. The van der Waals surface area contributed by atoms with Gasteiger partial charge >= 0.3 is 5.97 Å². The highest BCUT2D eigenvalue weighted by Gasteiger charge is 2.43. The predicted octanol–water partition coefficient (Wildman–Crippen LogP) is -0.811. The van der Waals surface area contributed by atoms with Crippen LogP contribution in [0.5, 0.6) is 0 Å². The molecule has 8 atom stereocenters. The van der Waals surface area contributed by atoms with Crippen molar-refractivity contribution in [3.8, 4) is 0 Å². The van der Waals surface area contributed by atoms with Crippen LogP contribution in [0.1, 0.15) is 95.6 Å². The van der Waals surface area contributed by atoms with Crippen LogP contribution in [0.3, 0.4) is 0 Å². The van der Waals surface area contributed by atoms with E-state index in [-0.39, 0.29) is 77.0 Å². The van der Waals surface area contributed by atoms with Crippen LogP contribution in [-0.2, 0) is 60.8 Å². The number of carbonyl (C=O) groups excluding carboxylic acids is 9. The minimum atomic E-state index is -1.46. The number of nitrogens with zero attached hydrogens (tertiary/aromatic N) is 2. The fraction of sp³-hybridized carbons (Fsp3) is 0.520. The number of benzene rings is 2. The van der Waals surface area contributed by atoms with Crippen LogP contribution in [0.15, 0.2) is 59.7 Å². The van der Waals surface area contributed by atoms with E-state index in [1.54, 1.807) is 30.5 Å². The van der Waals surface area contributed by atoms with E-state index in [9.17, 15) is 48.3 Å². The molecular weight excluding hydrogens is 1090 g/mol. The molecule has 1 aromatic heterocycles. The highest BCUT2D eigenvalue weighted by Crippen LogP contribution is 2.23. The summed E-state index contributed by atoms with van der Waals surface area (Å²) in [6, 6.07) is 5.25. The molecule has 0 bridgehead atoms. The van der Waals surface area contributed by atoms with Crippen molar-refractivity contribution in [2.24, 2.45) is 22.2 Å². The number of halogens is 1. The number of unbranched alkanes of at least 4 members (excludes halogenated alkanes) is 1. The van der Waals surface area contributed by atoms with Crippen LogP contribution < -0.4 is 54.6 Å². The van der Waals surface area contributed by atoms with Gasteiger partial charge in [0.15, 0.2) is 5.96 Å². The van der Waals surface area contributed by atoms with Crippen molar-refractivity contribution in [3.63, 3.8) is 0 Å². The number of guanidine groups is 1. The lowest BCUT2D eigenvalue weighted by molar-refractivity contribution is -0.152. The molecule has 1 unspecified atom stereocenters. The fourth-order valence-corrected chi connectivity index (χ4v) is 9.25. The predicted molar refractivity (Wildman–Crippen MR) is 284 cm³/mol. The second-order valence-electron chi connectivity index (χ2n) is 18.7. The molecule has 2 saturated heterocycles. The van der Waals surface area contributed by atoms with Gasteiger partial charge in [0.1, 0.15) is 42.3 Å². The number of carbonyl (C=O) groups is 9. The number of para-hydroxylation sites is 1. The summed E-state index contributed by atoms with van der Waals surface area (Å²) in [5.41, 5.74) is 21.5. The molecule has 2 fully saturated rings. The number of primary amides is 1. The van der Waals surface area contributed by atoms with Crippen LogP contribution in [-0.4, -0.2) is 142 Å². The largest absolute Gasteiger partial charge is 0.391 e. The lowest BCUT2D eigenvalue weighted by atomic mass is 10.0. The summed E-state index contributed by atoms with van der Waals surface area (Å²) in [4.78, 5) is 138. The molecule has 0 spiro atoms. The van der Waals surface area contributed by atoms with Gasteiger partial charge in [-0.15, -0.1) is 0 Å². The Balaban J connectivity index is 1.53. The molecule has 3 heterocycles. The maximum Gasteiger partial charge on any atom is 0.324 e. The molecule has 3 aromatic rings. The lowest BCUT2D eigenvalue weighted by Gasteiger charge is -2.31. The van der Waals surface area contributed by atoms with Crippen LogP contribution in [0.25, 0.3) is 10.9 Å². The minimum absolute atomic E-state index is 0.0576. The van der Waals surface area contributed by atoms with E-state index in [2.05, 4.69) is 69.9 Å². The number of aliphatic hydroxyl groups is 1. The third-order valence-corrected chi connectivity index (χ3v) is 13.5. The Bertz CT molecular complexity index is 2520. The van der Waals surface area contributed by atoms with E-state index in [1.807, 2.05) is 31.2 Å². The Morgan fingerprint density at radius 1 is 0.867 bits per heavy atom. The smallest absolute Gasteiger partial charge is 0.324 e. The third-order valence-electron chi connectivity index (χ3n) is 12.8. The fourth-order valence-electron chi connectivity index (χ4n) is 8.89. The van der Waals surface area contributed by atoms with Gasteiger partial charge in [0.05, 0.1) is 6.10 Å². The summed E-state index contributed by atoms with van der Waals surface area (Å²) in [6.45, 7) is 2.95. The highest BCUT2D eigenvalue weighted by molar-refractivity contribution is 14.1. The van der Waals surface area contributed by atoms with Crippen molar-refractivity contribution in [2.45, 2.75) is 146 Å². The zero-order chi connectivity index (χ0) is 54.6. The lowest BCUT2D eigenvalue weighted by Crippen LogP contribution is -2.60.